The first-order valence-electron chi connectivity index (χ1n) is 14.3. The minimum Gasteiger partial charge on any atom is -0.497 e. The van der Waals surface area contributed by atoms with Gasteiger partial charge in [0.1, 0.15) is 41.0 Å². The fourth-order valence-corrected chi connectivity index (χ4v) is 6.04. The molecule has 9 nitrogen and oxygen atoms in total. The van der Waals surface area contributed by atoms with Crippen molar-refractivity contribution in [1.82, 2.24) is 14.3 Å². The molecule has 1 aliphatic rings. The molecule has 0 radical (unpaired) electrons. The smallest absolute Gasteiger partial charge is 0.273 e. The molecule has 0 spiro atoms. The van der Waals surface area contributed by atoms with Crippen LogP contribution in [0.1, 0.15) is 26.3 Å². The number of hydrogen-bond acceptors (Lipinski definition) is 8. The second-order valence-corrected chi connectivity index (χ2v) is 12.4. The maximum absolute atomic E-state index is 14.2. The predicted octanol–water partition coefficient (Wildman–Crippen LogP) is 4.65. The minimum atomic E-state index is -0.831. The summed E-state index contributed by atoms with van der Waals surface area (Å²) in [6.07, 6.45) is 3.61. The monoisotopic (exact) mass is 618 g/mol. The van der Waals surface area contributed by atoms with Crippen LogP contribution in [0.25, 0.3) is 34.3 Å². The Morgan fingerprint density at radius 1 is 1.00 bits per heavy atom. The van der Waals surface area contributed by atoms with Crippen LogP contribution in [-0.4, -0.2) is 40.5 Å². The summed E-state index contributed by atoms with van der Waals surface area (Å²) < 4.78 is 20.6. The third-order valence-corrected chi connectivity index (χ3v) is 8.35. The molecule has 6 rings (SSSR count). The first-order chi connectivity index (χ1) is 21.7. The SMILES string of the molecule is COc1ccc(-n2c(=C(C#N)C(=O)C(C)(C)C)sc(=Cc3cn(-c4ccccc4)nc3-c3ccc4c(c3)OCCO4)c2=O)cc1. The number of carbonyl (C=O) groups is 1. The number of para-hydroxylation sites is 1. The van der Waals surface area contributed by atoms with Gasteiger partial charge in [-0.3, -0.25) is 14.2 Å². The Bertz CT molecular complexity index is 2130. The molecule has 0 saturated heterocycles. The summed E-state index contributed by atoms with van der Waals surface area (Å²) in [5.41, 5.74) is 2.14. The molecule has 3 aromatic carbocycles. The largest absolute Gasteiger partial charge is 0.497 e. The molecule has 45 heavy (non-hydrogen) atoms. The highest BCUT2D eigenvalue weighted by Gasteiger charge is 2.28. The Morgan fingerprint density at radius 2 is 1.71 bits per heavy atom. The van der Waals surface area contributed by atoms with E-state index in [-0.39, 0.29) is 21.6 Å². The number of thiazole rings is 1. The van der Waals surface area contributed by atoms with Crippen LogP contribution in [0, 0.1) is 16.7 Å². The highest BCUT2D eigenvalue weighted by molar-refractivity contribution is 7.07. The summed E-state index contributed by atoms with van der Waals surface area (Å²) in [5.74, 6) is 1.54. The van der Waals surface area contributed by atoms with Gasteiger partial charge in [-0.25, -0.2) is 4.68 Å². The van der Waals surface area contributed by atoms with E-state index in [1.807, 2.05) is 54.7 Å². The summed E-state index contributed by atoms with van der Waals surface area (Å²) in [6.45, 7) is 6.18. The van der Waals surface area contributed by atoms with E-state index in [9.17, 15) is 14.9 Å². The highest BCUT2D eigenvalue weighted by Crippen LogP contribution is 2.35. The number of fused-ring (bicyclic) bond motifs is 1. The van der Waals surface area contributed by atoms with Crippen LogP contribution >= 0.6 is 11.3 Å². The number of hydrogen-bond donors (Lipinski definition) is 0. The number of carbonyl (C=O) groups excluding carboxylic acids is 1. The minimum absolute atomic E-state index is 0.0768. The van der Waals surface area contributed by atoms with Crippen LogP contribution in [0.15, 0.2) is 83.8 Å². The molecule has 2 aromatic heterocycles. The van der Waals surface area contributed by atoms with Gasteiger partial charge >= 0.3 is 0 Å². The lowest BCUT2D eigenvalue weighted by molar-refractivity contribution is -0.120. The Hall–Kier alpha value is -5.40. The van der Waals surface area contributed by atoms with Gasteiger partial charge in [0, 0.05) is 22.7 Å². The molecule has 1 aliphatic heterocycles. The number of aromatic nitrogens is 3. The molecule has 0 amide bonds. The van der Waals surface area contributed by atoms with E-state index in [0.29, 0.717) is 51.9 Å². The van der Waals surface area contributed by atoms with Crippen LogP contribution in [0.3, 0.4) is 0 Å². The maximum Gasteiger partial charge on any atom is 0.273 e. The molecule has 10 heteroatoms. The van der Waals surface area contributed by atoms with Gasteiger partial charge < -0.3 is 14.2 Å². The first-order valence-corrected chi connectivity index (χ1v) is 15.1. The fourth-order valence-electron chi connectivity index (χ4n) is 4.95. The third-order valence-electron chi connectivity index (χ3n) is 7.25. The van der Waals surface area contributed by atoms with Crippen LogP contribution in [0.4, 0.5) is 0 Å². The summed E-state index contributed by atoms with van der Waals surface area (Å²) in [6, 6.07) is 24.3. The number of nitrogens with zero attached hydrogens (tertiary/aromatic N) is 4. The van der Waals surface area contributed by atoms with Gasteiger partial charge in [0.15, 0.2) is 17.3 Å². The van der Waals surface area contributed by atoms with Gasteiger partial charge in [-0.2, -0.15) is 10.4 Å². The Morgan fingerprint density at radius 3 is 2.38 bits per heavy atom. The maximum atomic E-state index is 14.2. The molecule has 5 aromatic rings. The molecule has 226 valence electrons. The van der Waals surface area contributed by atoms with E-state index >= 15 is 0 Å². The first kappa shape index (κ1) is 29.7. The molecule has 0 saturated carbocycles. The zero-order chi connectivity index (χ0) is 31.7. The molecular formula is C35H30N4O5S. The lowest BCUT2D eigenvalue weighted by Crippen LogP contribution is -2.33. The molecule has 3 heterocycles. The van der Waals surface area contributed by atoms with Crippen LogP contribution < -0.4 is 29.0 Å². The second kappa shape index (κ2) is 11.9. The second-order valence-electron chi connectivity index (χ2n) is 11.4. The van der Waals surface area contributed by atoms with Crippen molar-refractivity contribution in [3.63, 3.8) is 0 Å². The van der Waals surface area contributed by atoms with E-state index in [4.69, 9.17) is 19.3 Å². The van der Waals surface area contributed by atoms with Crippen molar-refractivity contribution in [2.75, 3.05) is 20.3 Å². The van der Waals surface area contributed by atoms with Gasteiger partial charge in [0.25, 0.3) is 5.56 Å². The lowest BCUT2D eigenvalue weighted by atomic mass is 9.87. The fraction of sp³-hybridized carbons (Fsp3) is 0.200. The zero-order valence-electron chi connectivity index (χ0n) is 25.2. The number of ketones is 1. The van der Waals surface area contributed by atoms with Gasteiger partial charge in [-0.15, -0.1) is 11.3 Å². The summed E-state index contributed by atoms with van der Waals surface area (Å²) in [7, 11) is 1.56. The van der Waals surface area contributed by atoms with Crippen molar-refractivity contribution in [2.45, 2.75) is 20.8 Å². The van der Waals surface area contributed by atoms with E-state index in [1.165, 1.54) is 4.57 Å². The van der Waals surface area contributed by atoms with Crippen LogP contribution in [-0.2, 0) is 4.79 Å². The van der Waals surface area contributed by atoms with Gasteiger partial charge in [0.05, 0.1) is 23.0 Å². The Balaban J connectivity index is 1.62. The number of benzene rings is 3. The van der Waals surface area contributed by atoms with Gasteiger partial charge in [0.2, 0.25) is 0 Å². The molecule has 0 fully saturated rings. The third kappa shape index (κ3) is 5.78. The van der Waals surface area contributed by atoms with Crippen molar-refractivity contribution in [2.24, 2.45) is 5.41 Å². The standard InChI is InChI=1S/C35H30N4O5S/c1-35(2,3)32(40)27(20-36)34-39(25-11-13-26(42-4)14-12-25)33(41)30(45-34)19-23-21-38(24-8-6-5-7-9-24)37-31(23)22-10-15-28-29(18-22)44-17-16-43-28/h5-15,18-19,21H,16-17H2,1-4H3. The van der Waals surface area contributed by atoms with Crippen molar-refractivity contribution in [3.05, 3.63) is 104 Å². The van der Waals surface area contributed by atoms with Crippen LogP contribution in [0.5, 0.6) is 17.2 Å². The average Bonchev–Trinajstić information content (AvgIpc) is 3.62. The summed E-state index contributed by atoms with van der Waals surface area (Å²) >= 11 is 1.10. The average molecular weight is 619 g/mol. The van der Waals surface area contributed by atoms with Crippen molar-refractivity contribution in [3.8, 4) is 45.9 Å². The quantitative estimate of drug-likeness (QED) is 0.273. The van der Waals surface area contributed by atoms with Crippen molar-refractivity contribution >= 4 is 28.8 Å². The number of nitriles is 1. The molecule has 0 unspecified atom stereocenters. The molecule has 0 aliphatic carbocycles. The molecule has 0 N–H and O–H groups in total. The lowest BCUT2D eigenvalue weighted by Gasteiger charge is -2.18. The molecule has 0 atom stereocenters. The van der Waals surface area contributed by atoms with Crippen LogP contribution in [0.2, 0.25) is 0 Å². The zero-order valence-corrected chi connectivity index (χ0v) is 26.1. The summed E-state index contributed by atoms with van der Waals surface area (Å²) in [4.78, 5) is 27.6. The number of methoxy groups -OCH3 is 1. The number of ether oxygens (including phenoxy) is 3. The normalized spacial score (nSPS) is 13.7. The van der Waals surface area contributed by atoms with E-state index in [1.54, 1.807) is 62.9 Å². The topological polar surface area (TPSA) is 108 Å². The van der Waals surface area contributed by atoms with Crippen molar-refractivity contribution < 1.29 is 19.0 Å². The number of Topliss-reactive ketones (excluding diaryl/α,β-unsaturated/α-hetero) is 1. The Labute approximate surface area is 263 Å². The van der Waals surface area contributed by atoms with Gasteiger partial charge in [-0.05, 0) is 60.7 Å². The number of rotatable bonds is 6. The van der Waals surface area contributed by atoms with Gasteiger partial charge in [-0.1, -0.05) is 39.0 Å². The van der Waals surface area contributed by atoms with E-state index in [0.717, 1.165) is 22.6 Å². The van der Waals surface area contributed by atoms with E-state index < -0.39 is 5.41 Å². The van der Waals surface area contributed by atoms with Crippen molar-refractivity contribution in [1.29, 1.82) is 5.26 Å². The Kier molecular flexibility index (Phi) is 7.87. The molecular weight excluding hydrogens is 588 g/mol. The predicted molar refractivity (Wildman–Crippen MR) is 173 cm³/mol. The summed E-state index contributed by atoms with van der Waals surface area (Å²) in [5, 5.41) is 15.1. The van der Waals surface area contributed by atoms with E-state index in [2.05, 4.69) is 6.07 Å². The molecule has 0 bridgehead atoms. The highest BCUT2D eigenvalue weighted by atomic mass is 32.1.